The van der Waals surface area contributed by atoms with Crippen LogP contribution in [0.4, 0.5) is 10.1 Å². The topological polar surface area (TPSA) is 85.7 Å². The number of benzene rings is 2. The van der Waals surface area contributed by atoms with Gasteiger partial charge >= 0.3 is 0 Å². The summed E-state index contributed by atoms with van der Waals surface area (Å²) in [4.78, 5) is 28.1. The maximum Gasteiger partial charge on any atom is 0.260 e. The Kier molecular flexibility index (Phi) is 7.22. The van der Waals surface area contributed by atoms with Crippen LogP contribution >= 0.6 is 11.6 Å². The Morgan fingerprint density at radius 2 is 1.83 bits per heavy atom. The van der Waals surface area contributed by atoms with Crippen molar-refractivity contribution in [1.82, 2.24) is 9.80 Å². The second kappa shape index (κ2) is 10.1. The molecule has 1 aliphatic heterocycles. The number of anilines is 1. The summed E-state index contributed by atoms with van der Waals surface area (Å²) in [7, 11) is 0. The molecule has 9 heteroatoms. The fourth-order valence-corrected chi connectivity index (χ4v) is 3.25. The Morgan fingerprint density at radius 1 is 1.13 bits per heavy atom. The predicted octanol–water partition coefficient (Wildman–Crippen LogP) is 2.51. The molecule has 1 heterocycles. The van der Waals surface area contributed by atoms with Crippen LogP contribution in [0.3, 0.4) is 0 Å². The SMILES string of the molecule is N#Cc1ccc(OCC(=O)N2CCN(CC(=O)Nc3ccc(F)cc3)CC2)c(Cl)c1. The van der Waals surface area contributed by atoms with Crippen molar-refractivity contribution >= 4 is 29.1 Å². The summed E-state index contributed by atoms with van der Waals surface area (Å²) in [6.45, 7) is 2.11. The molecular formula is C21H20ClFN4O3. The lowest BCUT2D eigenvalue weighted by Crippen LogP contribution is -2.51. The molecule has 0 unspecified atom stereocenters. The second-order valence-corrected chi connectivity index (χ2v) is 7.16. The van der Waals surface area contributed by atoms with Crippen molar-refractivity contribution in [2.45, 2.75) is 0 Å². The highest BCUT2D eigenvalue weighted by atomic mass is 35.5. The molecule has 2 amide bonds. The van der Waals surface area contributed by atoms with Crippen molar-refractivity contribution in [3.63, 3.8) is 0 Å². The van der Waals surface area contributed by atoms with Gasteiger partial charge in [0.25, 0.3) is 5.91 Å². The normalized spacial score (nSPS) is 14.1. The van der Waals surface area contributed by atoms with Crippen LogP contribution in [0.1, 0.15) is 5.56 Å². The lowest BCUT2D eigenvalue weighted by molar-refractivity contribution is -0.135. The highest BCUT2D eigenvalue weighted by Crippen LogP contribution is 2.25. The van der Waals surface area contributed by atoms with Crippen LogP contribution in [0, 0.1) is 17.1 Å². The molecular weight excluding hydrogens is 411 g/mol. The Morgan fingerprint density at radius 3 is 2.47 bits per heavy atom. The summed E-state index contributed by atoms with van der Waals surface area (Å²) < 4.78 is 18.4. The molecule has 0 aliphatic carbocycles. The van der Waals surface area contributed by atoms with E-state index in [-0.39, 0.29) is 35.8 Å². The summed E-state index contributed by atoms with van der Waals surface area (Å²) in [5.74, 6) is -0.384. The van der Waals surface area contributed by atoms with Gasteiger partial charge in [0.2, 0.25) is 5.91 Å². The van der Waals surface area contributed by atoms with Crippen molar-refractivity contribution < 1.29 is 18.7 Å². The average Bonchev–Trinajstić information content (AvgIpc) is 2.74. The number of carbonyl (C=O) groups excluding carboxylic acids is 2. The molecule has 0 atom stereocenters. The van der Waals surface area contributed by atoms with Crippen LogP contribution in [0.2, 0.25) is 5.02 Å². The number of nitrogens with one attached hydrogen (secondary N) is 1. The molecule has 3 rings (SSSR count). The summed E-state index contributed by atoms with van der Waals surface area (Å²) in [6, 6.07) is 12.2. The van der Waals surface area contributed by atoms with Crippen molar-refractivity contribution in [2.24, 2.45) is 0 Å². The molecule has 0 bridgehead atoms. The molecule has 30 heavy (non-hydrogen) atoms. The summed E-state index contributed by atoms with van der Waals surface area (Å²) >= 11 is 6.05. The van der Waals surface area contributed by atoms with E-state index < -0.39 is 0 Å². The van der Waals surface area contributed by atoms with E-state index in [4.69, 9.17) is 21.6 Å². The number of carbonyl (C=O) groups is 2. The zero-order valence-electron chi connectivity index (χ0n) is 16.1. The van der Waals surface area contributed by atoms with Crippen LogP contribution in [-0.2, 0) is 9.59 Å². The highest BCUT2D eigenvalue weighted by Gasteiger charge is 2.23. The first-order chi connectivity index (χ1) is 14.4. The molecule has 0 radical (unpaired) electrons. The third-order valence-corrected chi connectivity index (χ3v) is 4.93. The molecule has 1 saturated heterocycles. The number of halogens is 2. The molecule has 7 nitrogen and oxygen atoms in total. The second-order valence-electron chi connectivity index (χ2n) is 6.76. The maximum absolute atomic E-state index is 12.9. The van der Waals surface area contributed by atoms with Gasteiger partial charge in [0.1, 0.15) is 11.6 Å². The van der Waals surface area contributed by atoms with Gasteiger partial charge in [0, 0.05) is 31.9 Å². The largest absolute Gasteiger partial charge is 0.482 e. The number of hydrogen-bond donors (Lipinski definition) is 1. The van der Waals surface area contributed by atoms with Gasteiger partial charge in [-0.1, -0.05) is 11.6 Å². The van der Waals surface area contributed by atoms with Gasteiger partial charge in [-0.15, -0.1) is 0 Å². The van der Waals surface area contributed by atoms with Crippen LogP contribution in [-0.4, -0.2) is 60.9 Å². The van der Waals surface area contributed by atoms with Crippen LogP contribution in [0.5, 0.6) is 5.75 Å². The number of nitrogens with zero attached hydrogens (tertiary/aromatic N) is 3. The van der Waals surface area contributed by atoms with Crippen molar-refractivity contribution in [1.29, 1.82) is 5.26 Å². The van der Waals surface area contributed by atoms with E-state index in [0.717, 1.165) is 0 Å². The molecule has 1 N–H and O–H groups in total. The zero-order valence-corrected chi connectivity index (χ0v) is 16.9. The van der Waals surface area contributed by atoms with Gasteiger partial charge < -0.3 is 15.0 Å². The van der Waals surface area contributed by atoms with E-state index >= 15 is 0 Å². The van der Waals surface area contributed by atoms with Crippen molar-refractivity contribution in [3.8, 4) is 11.8 Å². The minimum absolute atomic E-state index is 0.156. The fraction of sp³-hybridized carbons (Fsp3) is 0.286. The summed E-state index contributed by atoms with van der Waals surface area (Å²) in [6.07, 6.45) is 0. The first kappa shape index (κ1) is 21.6. The van der Waals surface area contributed by atoms with Gasteiger partial charge in [0.05, 0.1) is 23.2 Å². The lowest BCUT2D eigenvalue weighted by Gasteiger charge is -2.34. The van der Waals surface area contributed by atoms with Gasteiger partial charge in [-0.05, 0) is 42.5 Å². The monoisotopic (exact) mass is 430 g/mol. The van der Waals surface area contributed by atoms with E-state index in [2.05, 4.69) is 5.32 Å². The van der Waals surface area contributed by atoms with E-state index in [0.29, 0.717) is 43.2 Å². The first-order valence-electron chi connectivity index (χ1n) is 9.32. The average molecular weight is 431 g/mol. The number of amides is 2. The quantitative estimate of drug-likeness (QED) is 0.761. The Labute approximate surface area is 178 Å². The molecule has 0 aromatic heterocycles. The van der Waals surface area contributed by atoms with Gasteiger partial charge in [-0.2, -0.15) is 5.26 Å². The third kappa shape index (κ3) is 5.92. The van der Waals surface area contributed by atoms with E-state index in [9.17, 15) is 14.0 Å². The predicted molar refractivity (Wildman–Crippen MR) is 110 cm³/mol. The number of hydrogen-bond acceptors (Lipinski definition) is 5. The van der Waals surface area contributed by atoms with Crippen molar-refractivity contribution in [3.05, 3.63) is 58.9 Å². The molecule has 2 aromatic carbocycles. The minimum atomic E-state index is -0.362. The Bertz CT molecular complexity index is 954. The minimum Gasteiger partial charge on any atom is -0.482 e. The van der Waals surface area contributed by atoms with Crippen LogP contribution < -0.4 is 10.1 Å². The number of ether oxygens (including phenoxy) is 1. The molecule has 1 fully saturated rings. The zero-order chi connectivity index (χ0) is 21.5. The highest BCUT2D eigenvalue weighted by molar-refractivity contribution is 6.32. The standard InChI is InChI=1S/C21H20ClFN4O3/c22-18-11-15(12-24)1-6-19(18)30-14-21(29)27-9-7-26(8-10-27)13-20(28)25-17-4-2-16(23)3-5-17/h1-6,11H,7-10,13-14H2,(H,25,28). The molecule has 1 aliphatic rings. The van der Waals surface area contributed by atoms with E-state index in [1.807, 2.05) is 11.0 Å². The van der Waals surface area contributed by atoms with Gasteiger partial charge in [-0.25, -0.2) is 4.39 Å². The number of nitriles is 1. The summed E-state index contributed by atoms with van der Waals surface area (Å²) in [5, 5.41) is 11.8. The molecule has 0 saturated carbocycles. The van der Waals surface area contributed by atoms with Crippen molar-refractivity contribution in [2.75, 3.05) is 44.6 Å². The lowest BCUT2D eigenvalue weighted by atomic mass is 10.2. The molecule has 2 aromatic rings. The first-order valence-corrected chi connectivity index (χ1v) is 9.70. The molecule has 156 valence electrons. The van der Waals surface area contributed by atoms with Gasteiger partial charge in [0.15, 0.2) is 6.61 Å². The Balaban J connectivity index is 1.41. The van der Waals surface area contributed by atoms with Crippen LogP contribution in [0.25, 0.3) is 0 Å². The number of piperazine rings is 1. The maximum atomic E-state index is 12.9. The number of rotatable bonds is 6. The van der Waals surface area contributed by atoms with E-state index in [1.54, 1.807) is 17.0 Å². The summed E-state index contributed by atoms with van der Waals surface area (Å²) in [5.41, 5.74) is 0.951. The van der Waals surface area contributed by atoms with E-state index in [1.165, 1.54) is 30.3 Å². The smallest absolute Gasteiger partial charge is 0.260 e. The van der Waals surface area contributed by atoms with Crippen LogP contribution in [0.15, 0.2) is 42.5 Å². The molecule has 0 spiro atoms. The van der Waals surface area contributed by atoms with Gasteiger partial charge in [-0.3, -0.25) is 14.5 Å². The third-order valence-electron chi connectivity index (χ3n) is 4.63. The Hall–Kier alpha value is -3.15. The fourth-order valence-electron chi connectivity index (χ4n) is 3.01.